The van der Waals surface area contributed by atoms with Crippen LogP contribution in [-0.2, 0) is 4.79 Å². The lowest BCUT2D eigenvalue weighted by Gasteiger charge is -2.14. The maximum absolute atomic E-state index is 15.2. The first kappa shape index (κ1) is 22.0. The summed E-state index contributed by atoms with van der Waals surface area (Å²) in [5.74, 6) is -1.17. The SMILES string of the molecule is COc1cc(C(O)=C2C(=O)Nc3cc(F)c(-c4ccc(-c5ccccc5O)cc4OC)cc32)on1. The Labute approximate surface area is 198 Å². The van der Waals surface area contributed by atoms with E-state index in [9.17, 15) is 15.0 Å². The van der Waals surface area contributed by atoms with Crippen LogP contribution in [0.5, 0.6) is 17.4 Å². The van der Waals surface area contributed by atoms with Gasteiger partial charge in [-0.15, -0.1) is 0 Å². The molecule has 2 heterocycles. The molecule has 1 aromatic heterocycles. The Morgan fingerprint density at radius 3 is 2.49 bits per heavy atom. The third-order valence-electron chi connectivity index (χ3n) is 5.73. The van der Waals surface area contributed by atoms with Crippen molar-refractivity contribution in [2.45, 2.75) is 0 Å². The second kappa shape index (κ2) is 8.53. The summed E-state index contributed by atoms with van der Waals surface area (Å²) in [6, 6.07) is 15.9. The van der Waals surface area contributed by atoms with Crippen LogP contribution in [0.3, 0.4) is 0 Å². The van der Waals surface area contributed by atoms with Gasteiger partial charge in [-0.2, -0.15) is 0 Å². The van der Waals surface area contributed by atoms with E-state index in [1.807, 2.05) is 0 Å². The zero-order chi connectivity index (χ0) is 24.7. The van der Waals surface area contributed by atoms with Gasteiger partial charge in [0.25, 0.3) is 11.8 Å². The number of amides is 1. The number of fused-ring (bicyclic) bond motifs is 1. The summed E-state index contributed by atoms with van der Waals surface area (Å²) in [7, 11) is 2.84. The molecule has 176 valence electrons. The van der Waals surface area contributed by atoms with E-state index in [4.69, 9.17) is 14.0 Å². The Kier molecular flexibility index (Phi) is 5.37. The Hall–Kier alpha value is -4.79. The smallest absolute Gasteiger partial charge is 0.260 e. The molecule has 0 aliphatic carbocycles. The van der Waals surface area contributed by atoms with Crippen LogP contribution in [0, 0.1) is 5.82 Å². The fraction of sp³-hybridized carbons (Fsp3) is 0.0769. The third-order valence-corrected chi connectivity index (χ3v) is 5.73. The van der Waals surface area contributed by atoms with Crippen molar-refractivity contribution in [3.05, 3.63) is 77.8 Å². The van der Waals surface area contributed by atoms with Gasteiger partial charge in [0.1, 0.15) is 17.3 Å². The van der Waals surface area contributed by atoms with Crippen LogP contribution in [-0.4, -0.2) is 35.5 Å². The number of aliphatic hydroxyl groups excluding tert-OH is 1. The lowest BCUT2D eigenvalue weighted by atomic mass is 9.95. The van der Waals surface area contributed by atoms with Crippen molar-refractivity contribution in [2.75, 3.05) is 19.5 Å². The molecule has 8 nitrogen and oxygen atoms in total. The Morgan fingerprint density at radius 1 is 0.971 bits per heavy atom. The van der Waals surface area contributed by atoms with Crippen LogP contribution in [0.1, 0.15) is 11.3 Å². The second-order valence-electron chi connectivity index (χ2n) is 7.72. The first-order valence-corrected chi connectivity index (χ1v) is 10.5. The number of ether oxygens (including phenoxy) is 2. The van der Waals surface area contributed by atoms with Crippen molar-refractivity contribution in [1.82, 2.24) is 5.16 Å². The van der Waals surface area contributed by atoms with Gasteiger partial charge in [-0.1, -0.05) is 24.3 Å². The zero-order valence-electron chi connectivity index (χ0n) is 18.6. The average Bonchev–Trinajstić information content (AvgIpc) is 3.47. The van der Waals surface area contributed by atoms with Crippen LogP contribution in [0.4, 0.5) is 10.1 Å². The summed E-state index contributed by atoms with van der Waals surface area (Å²) in [5.41, 5.74) is 2.25. The number of aromatic hydroxyl groups is 1. The van der Waals surface area contributed by atoms with Crippen LogP contribution in [0.15, 0.2) is 65.2 Å². The number of benzene rings is 3. The number of phenols is 1. The van der Waals surface area contributed by atoms with E-state index in [1.54, 1.807) is 42.5 Å². The van der Waals surface area contributed by atoms with E-state index in [-0.39, 0.29) is 39.8 Å². The van der Waals surface area contributed by atoms with Crippen molar-refractivity contribution in [2.24, 2.45) is 0 Å². The van der Waals surface area contributed by atoms with Gasteiger partial charge in [0.05, 0.1) is 31.5 Å². The minimum Gasteiger partial charge on any atom is -0.507 e. The summed E-state index contributed by atoms with van der Waals surface area (Å²) < 4.78 is 30.7. The number of aliphatic hydroxyl groups is 1. The van der Waals surface area contributed by atoms with Gasteiger partial charge in [0.15, 0.2) is 5.76 Å². The van der Waals surface area contributed by atoms with Crippen molar-refractivity contribution in [3.8, 4) is 39.6 Å². The summed E-state index contributed by atoms with van der Waals surface area (Å²) in [4.78, 5) is 12.6. The van der Waals surface area contributed by atoms with Gasteiger partial charge in [0, 0.05) is 22.3 Å². The largest absolute Gasteiger partial charge is 0.507 e. The average molecular weight is 474 g/mol. The molecule has 0 saturated heterocycles. The molecule has 0 spiro atoms. The van der Waals surface area contributed by atoms with E-state index >= 15 is 4.39 Å². The molecule has 1 aliphatic heterocycles. The minimum atomic E-state index is -0.619. The van der Waals surface area contributed by atoms with Gasteiger partial charge >= 0.3 is 0 Å². The molecule has 1 aliphatic rings. The van der Waals surface area contributed by atoms with Crippen molar-refractivity contribution in [3.63, 3.8) is 0 Å². The van der Waals surface area contributed by atoms with Gasteiger partial charge < -0.3 is 29.5 Å². The lowest BCUT2D eigenvalue weighted by Crippen LogP contribution is -2.05. The molecule has 1 amide bonds. The van der Waals surface area contributed by atoms with Crippen molar-refractivity contribution in [1.29, 1.82) is 0 Å². The number of aromatic nitrogens is 1. The molecule has 0 saturated carbocycles. The Bertz CT molecular complexity index is 1510. The van der Waals surface area contributed by atoms with Crippen LogP contribution < -0.4 is 14.8 Å². The van der Waals surface area contributed by atoms with Gasteiger partial charge in [-0.3, -0.25) is 4.79 Å². The predicted molar refractivity (Wildman–Crippen MR) is 127 cm³/mol. The number of carbonyl (C=O) groups excluding carboxylic acids is 1. The maximum atomic E-state index is 15.2. The lowest BCUT2D eigenvalue weighted by molar-refractivity contribution is -0.110. The monoisotopic (exact) mass is 474 g/mol. The number of anilines is 1. The number of hydrogen-bond acceptors (Lipinski definition) is 7. The number of phenolic OH excluding ortho intramolecular Hbond substituents is 1. The highest BCUT2D eigenvalue weighted by atomic mass is 19.1. The number of hydrogen-bond donors (Lipinski definition) is 3. The van der Waals surface area contributed by atoms with Crippen LogP contribution in [0.2, 0.25) is 0 Å². The highest BCUT2D eigenvalue weighted by molar-refractivity contribution is 6.36. The van der Waals surface area contributed by atoms with E-state index in [2.05, 4.69) is 10.5 Å². The summed E-state index contributed by atoms with van der Waals surface area (Å²) in [6.07, 6.45) is 0. The number of rotatable bonds is 5. The van der Waals surface area contributed by atoms with Crippen molar-refractivity contribution < 1.29 is 33.4 Å². The summed E-state index contributed by atoms with van der Waals surface area (Å²) >= 11 is 0. The molecular formula is C26H19FN2O6. The first-order chi connectivity index (χ1) is 16.9. The van der Waals surface area contributed by atoms with Gasteiger partial charge in [-0.05, 0) is 41.1 Å². The second-order valence-corrected chi connectivity index (χ2v) is 7.72. The highest BCUT2D eigenvalue weighted by Crippen LogP contribution is 2.43. The molecule has 4 aromatic rings. The number of nitrogens with zero attached hydrogens (tertiary/aromatic N) is 1. The standard InChI is InChI=1S/C26H19FN2O6/c1-33-21-9-13(14-5-3-4-6-20(14)30)7-8-15(21)16-10-17-19(11-18(16)27)28-26(32)24(17)25(31)22-12-23(34-2)29-35-22/h3-12,30-31H,1-2H3,(H,28,32). The normalized spacial score (nSPS) is 13.9. The third kappa shape index (κ3) is 3.72. The molecule has 3 aromatic carbocycles. The quantitative estimate of drug-likeness (QED) is 0.267. The molecule has 35 heavy (non-hydrogen) atoms. The molecular weight excluding hydrogens is 455 g/mol. The topological polar surface area (TPSA) is 114 Å². The summed E-state index contributed by atoms with van der Waals surface area (Å²) in [5, 5.41) is 27.1. The number of halogens is 1. The van der Waals surface area contributed by atoms with Crippen LogP contribution >= 0.6 is 0 Å². The molecule has 0 radical (unpaired) electrons. The molecule has 0 fully saturated rings. The zero-order valence-corrected chi connectivity index (χ0v) is 18.6. The molecule has 5 rings (SSSR count). The molecule has 3 N–H and O–H groups in total. The van der Waals surface area contributed by atoms with E-state index < -0.39 is 17.5 Å². The minimum absolute atomic E-state index is 0.0738. The van der Waals surface area contributed by atoms with E-state index in [0.717, 1.165) is 0 Å². The Balaban J connectivity index is 1.64. The number of para-hydroxylation sites is 1. The Morgan fingerprint density at radius 2 is 1.77 bits per heavy atom. The summed E-state index contributed by atoms with van der Waals surface area (Å²) in [6.45, 7) is 0. The van der Waals surface area contributed by atoms with Gasteiger partial charge in [-0.25, -0.2) is 4.39 Å². The fourth-order valence-electron chi connectivity index (χ4n) is 4.02. The predicted octanol–water partition coefficient (Wildman–Crippen LogP) is 5.25. The van der Waals surface area contributed by atoms with Crippen molar-refractivity contribution >= 4 is 22.9 Å². The molecule has 0 unspecified atom stereocenters. The molecule has 9 heteroatoms. The number of carbonyl (C=O) groups is 1. The maximum Gasteiger partial charge on any atom is 0.260 e. The van der Waals surface area contributed by atoms with E-state index in [1.165, 1.54) is 32.4 Å². The molecule has 0 atom stereocenters. The highest BCUT2D eigenvalue weighted by Gasteiger charge is 2.32. The number of methoxy groups -OCH3 is 2. The fourth-order valence-corrected chi connectivity index (χ4v) is 4.02. The van der Waals surface area contributed by atoms with E-state index in [0.29, 0.717) is 22.4 Å². The first-order valence-electron chi connectivity index (χ1n) is 10.5. The number of nitrogens with one attached hydrogen (secondary N) is 1. The molecule has 0 bridgehead atoms. The van der Waals surface area contributed by atoms with Crippen LogP contribution in [0.25, 0.3) is 33.6 Å². The van der Waals surface area contributed by atoms with Gasteiger partial charge in [0.2, 0.25) is 5.76 Å².